The predicted octanol–water partition coefficient (Wildman–Crippen LogP) is 9.43. The predicted molar refractivity (Wildman–Crippen MR) is 149 cm³/mol. The molecule has 0 radical (unpaired) electrons. The van der Waals surface area contributed by atoms with E-state index >= 15 is 0 Å². The molecule has 0 aliphatic heterocycles. The van der Waals surface area contributed by atoms with E-state index < -0.39 is 41.5 Å². The molecule has 0 fully saturated rings. The Hall–Kier alpha value is -2.43. The molecule has 2 atom stereocenters. The van der Waals surface area contributed by atoms with Gasteiger partial charge < -0.3 is 10.6 Å². The highest BCUT2D eigenvalue weighted by Crippen LogP contribution is 2.41. The van der Waals surface area contributed by atoms with E-state index in [1.54, 1.807) is 0 Å². The largest absolute Gasteiger partial charge is 0.417 e. The van der Waals surface area contributed by atoms with E-state index in [0.717, 1.165) is 36.8 Å². The minimum atomic E-state index is -5.00. The number of alkyl halides is 6. The maximum absolute atomic E-state index is 13.9. The van der Waals surface area contributed by atoms with Crippen molar-refractivity contribution in [1.82, 2.24) is 10.6 Å². The van der Waals surface area contributed by atoms with E-state index in [9.17, 15) is 35.9 Å². The van der Waals surface area contributed by atoms with Crippen molar-refractivity contribution in [2.24, 2.45) is 5.41 Å². The zero-order valence-electron chi connectivity index (χ0n) is 22.5. The summed E-state index contributed by atoms with van der Waals surface area (Å²) in [5, 5.41) is 4.23. The molecule has 4 nitrogen and oxygen atoms in total. The van der Waals surface area contributed by atoms with E-state index in [1.807, 2.05) is 20.8 Å². The van der Waals surface area contributed by atoms with E-state index in [2.05, 4.69) is 10.6 Å². The second-order valence-electron chi connectivity index (χ2n) is 10.7. The number of hydrogen-bond acceptors (Lipinski definition) is 2. The van der Waals surface area contributed by atoms with Crippen LogP contribution in [0.2, 0.25) is 15.1 Å². The molecule has 0 saturated carbocycles. The highest BCUT2D eigenvalue weighted by Gasteiger charge is 2.40. The Bertz CT molecular complexity index is 1260. The normalized spacial score (nSPS) is 14.2. The number of benzene rings is 2. The fraction of sp³-hybridized carbons (Fsp3) is 0.429. The molecule has 0 aliphatic rings. The van der Waals surface area contributed by atoms with Gasteiger partial charge in [0.1, 0.15) is 0 Å². The van der Waals surface area contributed by atoms with Crippen LogP contribution in [0.4, 0.5) is 26.3 Å². The van der Waals surface area contributed by atoms with E-state index in [-0.39, 0.29) is 43.9 Å². The number of nitrogens with one attached hydrogen (secondary N) is 2. The van der Waals surface area contributed by atoms with Crippen LogP contribution in [0.3, 0.4) is 0 Å². The second-order valence-corrected chi connectivity index (χ2v) is 11.8. The molecule has 2 rings (SSSR count). The third kappa shape index (κ3) is 10.7. The molecule has 2 amide bonds. The van der Waals surface area contributed by atoms with Gasteiger partial charge in [-0.25, -0.2) is 0 Å². The van der Waals surface area contributed by atoms with Gasteiger partial charge in [0.25, 0.3) is 5.91 Å². The van der Waals surface area contributed by atoms with E-state index in [1.165, 1.54) is 6.92 Å². The van der Waals surface area contributed by atoms with Gasteiger partial charge in [-0.05, 0) is 60.6 Å². The molecule has 41 heavy (non-hydrogen) atoms. The summed E-state index contributed by atoms with van der Waals surface area (Å²) in [4.78, 5) is 24.8. The summed E-state index contributed by atoms with van der Waals surface area (Å²) in [5.41, 5.74) is -2.70. The van der Waals surface area contributed by atoms with E-state index in [0.29, 0.717) is 18.6 Å². The lowest BCUT2D eigenvalue weighted by atomic mass is 9.90. The molecule has 2 aromatic carbocycles. The number of allylic oxidation sites excluding steroid dienone is 1. The smallest absolute Gasteiger partial charge is 0.336 e. The van der Waals surface area contributed by atoms with Crippen LogP contribution in [0.1, 0.15) is 79.9 Å². The molecule has 0 saturated heterocycles. The van der Waals surface area contributed by atoms with Crippen LogP contribution in [0.15, 0.2) is 36.4 Å². The van der Waals surface area contributed by atoms with Gasteiger partial charge in [-0.15, -0.1) is 0 Å². The SMILES string of the molecule is C[C@H](NC(=O)CCCC(C)(C)C)NC(=O)c1ccc(C=CC(c2cc(Cl)c(Cl)c(Cl)c2)C(F)(F)F)cc1C(F)(F)F. The standard InChI is InChI=1S/C28H29Cl3F6N2O2/c1-15(38-23(40)6-5-11-26(2,3)4)39-25(41)18-9-7-16(12-20(18)28(35,36)37)8-10-19(27(32,33)34)17-13-21(29)24(31)22(30)14-17/h7-10,12-15,19H,5-6,11H2,1-4H3,(H,38,40)(H,39,41)/t15-,19?/m1/s1. The van der Waals surface area contributed by atoms with Gasteiger partial charge in [-0.3, -0.25) is 9.59 Å². The zero-order chi connectivity index (χ0) is 31.3. The van der Waals surface area contributed by atoms with Crippen molar-refractivity contribution in [2.45, 2.75) is 71.4 Å². The van der Waals surface area contributed by atoms with Gasteiger partial charge in [-0.1, -0.05) is 73.8 Å². The van der Waals surface area contributed by atoms with Crippen molar-refractivity contribution in [3.05, 3.63) is 73.7 Å². The Kier molecular flexibility index (Phi) is 11.6. The number of rotatable bonds is 9. The molecule has 0 heterocycles. The maximum atomic E-state index is 13.9. The van der Waals surface area contributed by atoms with Crippen LogP contribution in [0, 0.1) is 5.41 Å². The van der Waals surface area contributed by atoms with Gasteiger partial charge in [-0.2, -0.15) is 26.3 Å². The Balaban J connectivity index is 2.27. The molecule has 226 valence electrons. The molecule has 2 aromatic rings. The van der Waals surface area contributed by atoms with Crippen molar-refractivity contribution in [1.29, 1.82) is 0 Å². The summed E-state index contributed by atoms with van der Waals surface area (Å²) in [5.74, 6) is -3.75. The molecular weight excluding hydrogens is 617 g/mol. The van der Waals surface area contributed by atoms with Crippen LogP contribution in [-0.4, -0.2) is 24.2 Å². The Morgan fingerprint density at radius 2 is 1.51 bits per heavy atom. The summed E-state index contributed by atoms with van der Waals surface area (Å²) in [6.07, 6.45) is -7.75. The summed E-state index contributed by atoms with van der Waals surface area (Å²) < 4.78 is 83.0. The zero-order valence-corrected chi connectivity index (χ0v) is 24.8. The summed E-state index contributed by atoms with van der Waals surface area (Å²) in [6, 6.07) is 4.44. The highest BCUT2D eigenvalue weighted by atomic mass is 35.5. The van der Waals surface area contributed by atoms with Gasteiger partial charge in [0, 0.05) is 6.42 Å². The average molecular weight is 646 g/mol. The molecule has 1 unspecified atom stereocenters. The fourth-order valence-electron chi connectivity index (χ4n) is 3.87. The fourth-order valence-corrected chi connectivity index (χ4v) is 4.49. The number of hydrogen-bond donors (Lipinski definition) is 2. The first-order chi connectivity index (χ1) is 18.7. The molecule has 0 aliphatic carbocycles. The first-order valence-corrected chi connectivity index (χ1v) is 13.5. The lowest BCUT2D eigenvalue weighted by Crippen LogP contribution is -2.46. The van der Waals surface area contributed by atoms with Crippen LogP contribution >= 0.6 is 34.8 Å². The summed E-state index contributed by atoms with van der Waals surface area (Å²) in [7, 11) is 0. The quantitative estimate of drug-likeness (QED) is 0.162. The topological polar surface area (TPSA) is 58.2 Å². The van der Waals surface area contributed by atoms with Crippen LogP contribution < -0.4 is 10.6 Å². The minimum Gasteiger partial charge on any atom is -0.336 e. The number of carbonyl (C=O) groups is 2. The molecule has 2 N–H and O–H groups in total. The van der Waals surface area contributed by atoms with Crippen LogP contribution in [0.25, 0.3) is 6.08 Å². The summed E-state index contributed by atoms with van der Waals surface area (Å²) >= 11 is 17.5. The Labute approximate surface area is 249 Å². The molecule has 0 spiro atoms. The maximum Gasteiger partial charge on any atom is 0.417 e. The highest BCUT2D eigenvalue weighted by molar-refractivity contribution is 6.48. The number of carbonyl (C=O) groups excluding carboxylic acids is 2. The minimum absolute atomic E-state index is 0.0282. The third-order valence-electron chi connectivity index (χ3n) is 5.85. The monoisotopic (exact) mass is 644 g/mol. The first kappa shape index (κ1) is 34.8. The third-order valence-corrected chi connectivity index (χ3v) is 7.05. The van der Waals surface area contributed by atoms with Gasteiger partial charge >= 0.3 is 12.4 Å². The van der Waals surface area contributed by atoms with E-state index in [4.69, 9.17) is 34.8 Å². The molecule has 0 bridgehead atoms. The van der Waals surface area contributed by atoms with Crippen molar-refractivity contribution >= 4 is 52.7 Å². The van der Waals surface area contributed by atoms with Crippen molar-refractivity contribution in [2.75, 3.05) is 0 Å². The molecule has 13 heteroatoms. The number of amides is 2. The van der Waals surface area contributed by atoms with Crippen LogP contribution in [0.5, 0.6) is 0 Å². The summed E-state index contributed by atoms with van der Waals surface area (Å²) in [6.45, 7) is 7.46. The Morgan fingerprint density at radius 3 is 2.02 bits per heavy atom. The van der Waals surface area contributed by atoms with Crippen LogP contribution in [-0.2, 0) is 11.0 Å². The second kappa shape index (κ2) is 13.7. The van der Waals surface area contributed by atoms with Crippen molar-refractivity contribution < 1.29 is 35.9 Å². The average Bonchev–Trinajstić information content (AvgIpc) is 2.80. The lowest BCUT2D eigenvalue weighted by Gasteiger charge is -2.20. The first-order valence-electron chi connectivity index (χ1n) is 12.4. The Morgan fingerprint density at radius 1 is 0.927 bits per heavy atom. The molecular formula is C28H29Cl3F6N2O2. The van der Waals surface area contributed by atoms with Gasteiger partial charge in [0.15, 0.2) is 0 Å². The van der Waals surface area contributed by atoms with Crippen molar-refractivity contribution in [3.63, 3.8) is 0 Å². The van der Waals surface area contributed by atoms with Gasteiger partial charge in [0.2, 0.25) is 5.91 Å². The van der Waals surface area contributed by atoms with Gasteiger partial charge in [0.05, 0.1) is 38.3 Å². The molecule has 0 aromatic heterocycles. The van der Waals surface area contributed by atoms with Crippen molar-refractivity contribution in [3.8, 4) is 0 Å². The number of halogens is 9. The lowest BCUT2D eigenvalue weighted by molar-refractivity contribution is -0.139.